The van der Waals surface area contributed by atoms with E-state index >= 15 is 0 Å². The molecule has 1 N–H and O–H groups in total. The first-order valence-electron chi connectivity index (χ1n) is 10.8. The van der Waals surface area contributed by atoms with Gasteiger partial charge in [0.05, 0.1) is 0 Å². The minimum Gasteiger partial charge on any atom is -0.282 e. The molecule has 1 heterocycles. The van der Waals surface area contributed by atoms with Gasteiger partial charge in [0.25, 0.3) is 10.1 Å². The Morgan fingerprint density at radius 3 is 1.74 bits per heavy atom. The smallest absolute Gasteiger partial charge is 0.282 e. The zero-order valence-corrected chi connectivity index (χ0v) is 20.1. The first-order chi connectivity index (χ1) is 16.4. The Balaban J connectivity index is 1.83. The van der Waals surface area contributed by atoms with Crippen molar-refractivity contribution in [1.29, 1.82) is 0 Å². The van der Waals surface area contributed by atoms with Gasteiger partial charge >= 0.3 is 0 Å². The fourth-order valence-corrected chi connectivity index (χ4v) is 6.06. The minimum atomic E-state index is -4.56. The van der Waals surface area contributed by atoms with E-state index in [2.05, 4.69) is 6.07 Å². The highest BCUT2D eigenvalue weighted by Crippen LogP contribution is 2.44. The summed E-state index contributed by atoms with van der Waals surface area (Å²) in [5, 5.41) is 2.03. The van der Waals surface area contributed by atoms with Crippen molar-refractivity contribution >= 4 is 21.5 Å². The van der Waals surface area contributed by atoms with E-state index in [0.717, 1.165) is 38.3 Å². The normalized spacial score (nSPS) is 11.5. The average molecular weight is 483 g/mol. The van der Waals surface area contributed by atoms with Crippen molar-refractivity contribution in [2.45, 2.75) is 11.8 Å². The molecule has 0 atom stereocenters. The molecule has 0 aliphatic rings. The molecule has 1 aromatic heterocycles. The summed E-state index contributed by atoms with van der Waals surface area (Å²) >= 11 is 1.65. The Hall–Kier alpha value is -3.51. The first kappa shape index (κ1) is 22.3. The average Bonchev–Trinajstić information content (AvgIpc) is 3.39. The summed E-state index contributed by atoms with van der Waals surface area (Å²) in [5.41, 5.74) is 6.12. The molecule has 0 unspecified atom stereocenters. The van der Waals surface area contributed by atoms with Crippen LogP contribution >= 0.6 is 11.3 Å². The number of hydrogen-bond acceptors (Lipinski definition) is 3. The highest BCUT2D eigenvalue weighted by Gasteiger charge is 2.27. The van der Waals surface area contributed by atoms with E-state index in [9.17, 15) is 13.0 Å². The van der Waals surface area contributed by atoms with Gasteiger partial charge in [0.1, 0.15) is 4.90 Å². The molecule has 0 aliphatic carbocycles. The van der Waals surface area contributed by atoms with Crippen LogP contribution in [0.15, 0.2) is 113 Å². The minimum absolute atomic E-state index is 0.0768. The topological polar surface area (TPSA) is 54.4 Å². The molecule has 3 nitrogen and oxygen atoms in total. The molecule has 34 heavy (non-hydrogen) atoms. The maximum atomic E-state index is 12.9. The van der Waals surface area contributed by atoms with Crippen LogP contribution in [-0.2, 0) is 10.1 Å². The van der Waals surface area contributed by atoms with E-state index in [0.29, 0.717) is 11.1 Å². The molecule has 0 saturated carbocycles. The van der Waals surface area contributed by atoms with Crippen LogP contribution in [0.4, 0.5) is 0 Å². The van der Waals surface area contributed by atoms with Crippen molar-refractivity contribution in [2.24, 2.45) is 0 Å². The molecule has 0 aliphatic heterocycles. The number of thiophene rings is 1. The second-order valence-electron chi connectivity index (χ2n) is 8.08. The van der Waals surface area contributed by atoms with Gasteiger partial charge in [-0.25, -0.2) is 0 Å². The first-order valence-corrected chi connectivity index (χ1v) is 13.2. The Bertz CT molecular complexity index is 1540. The SMILES string of the molecule is Cc1cc(-c2ccc(-c3cccs3)cc2)c(S(=O)(=O)O)c(-c2ccccc2)c1-c1ccccc1. The third kappa shape index (κ3) is 4.21. The van der Waals surface area contributed by atoms with Gasteiger partial charge in [0.15, 0.2) is 0 Å². The third-order valence-electron chi connectivity index (χ3n) is 5.86. The molecule has 0 saturated heterocycles. The molecule has 5 heteroatoms. The second kappa shape index (κ2) is 9.03. The van der Waals surface area contributed by atoms with Crippen LogP contribution < -0.4 is 0 Å². The molecule has 5 rings (SSSR count). The lowest BCUT2D eigenvalue weighted by Gasteiger charge is -2.21. The van der Waals surface area contributed by atoms with Crippen LogP contribution in [0.1, 0.15) is 5.56 Å². The number of benzene rings is 4. The van der Waals surface area contributed by atoms with Crippen molar-refractivity contribution < 1.29 is 13.0 Å². The predicted molar refractivity (Wildman–Crippen MR) is 141 cm³/mol. The Kier molecular flexibility index (Phi) is 5.92. The van der Waals surface area contributed by atoms with Gasteiger partial charge in [-0.1, -0.05) is 91.0 Å². The maximum absolute atomic E-state index is 12.9. The van der Waals surface area contributed by atoms with E-state index in [1.165, 1.54) is 0 Å². The molecule has 0 fully saturated rings. The van der Waals surface area contributed by atoms with E-state index in [1.807, 2.05) is 109 Å². The zero-order chi connectivity index (χ0) is 23.7. The quantitative estimate of drug-likeness (QED) is 0.258. The summed E-state index contributed by atoms with van der Waals surface area (Å²) in [6.07, 6.45) is 0. The summed E-state index contributed by atoms with van der Waals surface area (Å²) in [6.45, 7) is 1.98. The van der Waals surface area contributed by atoms with Gasteiger partial charge in [-0.15, -0.1) is 11.3 Å². The lowest BCUT2D eigenvalue weighted by atomic mass is 9.87. The highest BCUT2D eigenvalue weighted by atomic mass is 32.2. The Labute approximate surface area is 203 Å². The number of rotatable bonds is 5. The molecular weight excluding hydrogens is 460 g/mol. The molecule has 168 valence electrons. The van der Waals surface area contributed by atoms with Gasteiger partial charge in [0, 0.05) is 16.0 Å². The van der Waals surface area contributed by atoms with Gasteiger partial charge in [-0.3, -0.25) is 4.55 Å². The van der Waals surface area contributed by atoms with Crippen LogP contribution in [0.3, 0.4) is 0 Å². The predicted octanol–water partition coefficient (Wildman–Crippen LogP) is 7.97. The molecule has 0 bridgehead atoms. The molecular formula is C29H22O3S2. The zero-order valence-electron chi connectivity index (χ0n) is 18.5. The van der Waals surface area contributed by atoms with Crippen LogP contribution in [0.2, 0.25) is 0 Å². The van der Waals surface area contributed by atoms with Crippen LogP contribution in [-0.4, -0.2) is 13.0 Å². The molecule has 5 aromatic rings. The van der Waals surface area contributed by atoms with Gasteiger partial charge in [-0.05, 0) is 57.8 Å². The van der Waals surface area contributed by atoms with Gasteiger partial charge in [0.2, 0.25) is 0 Å². The Morgan fingerprint density at radius 1 is 0.647 bits per heavy atom. The van der Waals surface area contributed by atoms with E-state index in [4.69, 9.17) is 0 Å². The van der Waals surface area contributed by atoms with Crippen molar-refractivity contribution in [3.63, 3.8) is 0 Å². The fraction of sp³-hybridized carbons (Fsp3) is 0.0345. The summed E-state index contributed by atoms with van der Waals surface area (Å²) in [4.78, 5) is 1.06. The van der Waals surface area contributed by atoms with Gasteiger partial charge < -0.3 is 0 Å². The second-order valence-corrected chi connectivity index (χ2v) is 10.4. The van der Waals surface area contributed by atoms with E-state index in [-0.39, 0.29) is 4.90 Å². The standard InChI is InChI=1S/C29H22O3S2/c1-20-19-25(21-14-16-22(17-15-21)26-13-8-18-33-26)29(34(30,31)32)28(24-11-6-3-7-12-24)27(20)23-9-4-2-5-10-23/h2-19H,1H3,(H,30,31,32). The molecule has 0 radical (unpaired) electrons. The van der Waals surface area contributed by atoms with E-state index < -0.39 is 10.1 Å². The van der Waals surface area contributed by atoms with Crippen molar-refractivity contribution in [2.75, 3.05) is 0 Å². The number of hydrogen-bond donors (Lipinski definition) is 1. The third-order valence-corrected chi connectivity index (χ3v) is 7.72. The molecule has 0 amide bonds. The van der Waals surface area contributed by atoms with Crippen molar-refractivity contribution in [3.8, 4) is 43.8 Å². The summed E-state index contributed by atoms with van der Waals surface area (Å²) in [7, 11) is -4.56. The summed E-state index contributed by atoms with van der Waals surface area (Å²) in [6, 6.07) is 32.8. The maximum Gasteiger partial charge on any atom is 0.295 e. The van der Waals surface area contributed by atoms with Crippen LogP contribution in [0.5, 0.6) is 0 Å². The monoisotopic (exact) mass is 482 g/mol. The van der Waals surface area contributed by atoms with Gasteiger partial charge in [-0.2, -0.15) is 8.42 Å². The fourth-order valence-electron chi connectivity index (χ4n) is 4.40. The summed E-state index contributed by atoms with van der Waals surface area (Å²) < 4.78 is 36.4. The van der Waals surface area contributed by atoms with E-state index in [1.54, 1.807) is 11.3 Å². The molecule has 4 aromatic carbocycles. The number of aryl methyl sites for hydroxylation is 1. The van der Waals surface area contributed by atoms with Crippen molar-refractivity contribution in [1.82, 2.24) is 0 Å². The lowest BCUT2D eigenvalue weighted by Crippen LogP contribution is -2.06. The van der Waals surface area contributed by atoms with Crippen LogP contribution in [0.25, 0.3) is 43.8 Å². The highest BCUT2D eigenvalue weighted by molar-refractivity contribution is 7.86. The van der Waals surface area contributed by atoms with Crippen molar-refractivity contribution in [3.05, 3.63) is 114 Å². The lowest BCUT2D eigenvalue weighted by molar-refractivity contribution is 0.484. The Morgan fingerprint density at radius 2 is 1.21 bits per heavy atom. The van der Waals surface area contributed by atoms with Crippen LogP contribution in [0, 0.1) is 6.92 Å². The molecule has 0 spiro atoms. The summed E-state index contributed by atoms with van der Waals surface area (Å²) in [5.74, 6) is 0. The largest absolute Gasteiger partial charge is 0.295 e.